The van der Waals surface area contributed by atoms with E-state index >= 15 is 0 Å². The highest BCUT2D eigenvalue weighted by Crippen LogP contribution is 2.41. The minimum absolute atomic E-state index is 0.478. The lowest BCUT2D eigenvalue weighted by Gasteiger charge is -2.07. The van der Waals surface area contributed by atoms with Crippen molar-refractivity contribution < 1.29 is 61.5 Å². The lowest BCUT2D eigenvalue weighted by Crippen LogP contribution is -2.02. The van der Waals surface area contributed by atoms with Crippen LogP contribution in [0.15, 0.2) is 21.0 Å². The van der Waals surface area contributed by atoms with Crippen molar-refractivity contribution in [3.8, 4) is 0 Å². The summed E-state index contributed by atoms with van der Waals surface area (Å²) >= 11 is 0. The Morgan fingerprint density at radius 1 is 0.359 bits per heavy atom. The number of fused-ring (bicyclic) bond motifs is 6. The highest BCUT2D eigenvalue weighted by Gasteiger charge is 2.31. The van der Waals surface area contributed by atoms with Crippen molar-refractivity contribution in [2.24, 2.45) is 0 Å². The van der Waals surface area contributed by atoms with Gasteiger partial charge in [-0.1, -0.05) is 0 Å². The van der Waals surface area contributed by atoms with Gasteiger partial charge in [-0.05, 0) is 12.1 Å². The molecule has 0 spiro atoms. The van der Waals surface area contributed by atoms with Crippen molar-refractivity contribution in [3.05, 3.63) is 93.5 Å². The first-order valence-corrected chi connectivity index (χ1v) is 10.4. The largest absolute Gasteiger partial charge is 0.457 e. The molecule has 0 N–H and O–H groups in total. The maximum Gasteiger partial charge on any atom is 0.202 e. The van der Waals surface area contributed by atoms with Crippen LogP contribution in [0.2, 0.25) is 0 Å². The van der Waals surface area contributed by atoms with Gasteiger partial charge in [0.1, 0.15) is 11.5 Å². The van der Waals surface area contributed by atoms with E-state index in [4.69, 9.17) is 8.83 Å². The molecule has 200 valence electrons. The Bertz CT molecular complexity index is 1930. The van der Waals surface area contributed by atoms with Gasteiger partial charge < -0.3 is 8.83 Å². The third-order valence-corrected chi connectivity index (χ3v) is 6.21. The van der Waals surface area contributed by atoms with Gasteiger partial charge in [0.25, 0.3) is 0 Å². The molecular formula is C25H4F12O2. The van der Waals surface area contributed by atoms with Crippen molar-refractivity contribution in [2.45, 2.75) is 6.42 Å². The topological polar surface area (TPSA) is 26.3 Å². The van der Waals surface area contributed by atoms with E-state index in [1.807, 2.05) is 0 Å². The molecule has 0 bridgehead atoms. The molecule has 0 aliphatic heterocycles. The van der Waals surface area contributed by atoms with E-state index in [2.05, 4.69) is 0 Å². The molecule has 0 fully saturated rings. The minimum Gasteiger partial charge on any atom is -0.457 e. The van der Waals surface area contributed by atoms with E-state index in [0.29, 0.717) is 0 Å². The van der Waals surface area contributed by atoms with E-state index in [1.165, 1.54) is 0 Å². The van der Waals surface area contributed by atoms with Gasteiger partial charge >= 0.3 is 0 Å². The first-order valence-electron chi connectivity index (χ1n) is 10.4. The van der Waals surface area contributed by atoms with E-state index in [-0.39, 0.29) is 0 Å². The first kappa shape index (κ1) is 24.9. The molecule has 0 aliphatic carbocycles. The van der Waals surface area contributed by atoms with Crippen molar-refractivity contribution in [1.29, 1.82) is 0 Å². The van der Waals surface area contributed by atoms with Gasteiger partial charge in [-0.25, -0.2) is 43.9 Å². The van der Waals surface area contributed by atoms with Crippen LogP contribution >= 0.6 is 0 Å². The van der Waals surface area contributed by atoms with Gasteiger partial charge in [-0.2, -0.15) is 8.78 Å². The Morgan fingerprint density at radius 3 is 0.974 bits per heavy atom. The average molecular weight is 564 g/mol. The molecule has 14 heteroatoms. The van der Waals surface area contributed by atoms with Crippen LogP contribution < -0.4 is 0 Å². The SMILES string of the molecule is Fc1c(F)c(F)c2c(c1F)c(F)c(F)c1oc(Cc3cc4c(o3)c(F)c(F)c3c(F)c(F)c(F)c(F)c34)cc12. The van der Waals surface area contributed by atoms with Crippen molar-refractivity contribution >= 4 is 43.5 Å². The molecular weight excluding hydrogens is 560 g/mol. The second-order valence-corrected chi connectivity index (χ2v) is 8.36. The molecule has 0 amide bonds. The molecule has 0 aliphatic rings. The Hall–Kier alpha value is -4.36. The normalized spacial score (nSPS) is 12.2. The third kappa shape index (κ3) is 3.14. The van der Waals surface area contributed by atoms with Crippen LogP contribution in [0.4, 0.5) is 52.7 Å². The molecule has 6 rings (SSSR count). The second kappa shape index (κ2) is 8.07. The van der Waals surface area contributed by atoms with Crippen LogP contribution in [0, 0.1) is 69.8 Å². The highest BCUT2D eigenvalue weighted by molar-refractivity contribution is 6.08. The molecule has 0 saturated heterocycles. The van der Waals surface area contributed by atoms with Gasteiger partial charge in [0.15, 0.2) is 69.3 Å². The maximum absolute atomic E-state index is 14.6. The van der Waals surface area contributed by atoms with Crippen LogP contribution in [0.1, 0.15) is 11.5 Å². The first-order chi connectivity index (χ1) is 18.3. The van der Waals surface area contributed by atoms with Gasteiger partial charge in [0.05, 0.1) is 17.2 Å². The van der Waals surface area contributed by atoms with E-state index in [1.54, 1.807) is 0 Å². The molecule has 0 saturated carbocycles. The summed E-state index contributed by atoms with van der Waals surface area (Å²) in [6.45, 7) is 0. The number of hydrogen-bond acceptors (Lipinski definition) is 2. The fraction of sp³-hybridized carbons (Fsp3) is 0.0400. The van der Waals surface area contributed by atoms with Gasteiger partial charge in [0, 0.05) is 21.5 Å². The summed E-state index contributed by atoms with van der Waals surface area (Å²) in [4.78, 5) is 0. The maximum atomic E-state index is 14.6. The molecule has 0 atom stereocenters. The predicted octanol–water partition coefficient (Wildman–Crippen LogP) is 8.75. The van der Waals surface area contributed by atoms with Gasteiger partial charge in [0.2, 0.25) is 11.6 Å². The Labute approximate surface area is 205 Å². The Morgan fingerprint density at radius 2 is 0.641 bits per heavy atom. The lowest BCUT2D eigenvalue weighted by molar-refractivity contribution is 0.414. The molecule has 2 nitrogen and oxygen atoms in total. The molecule has 39 heavy (non-hydrogen) atoms. The Kier molecular flexibility index (Phi) is 5.16. The lowest BCUT2D eigenvalue weighted by atomic mass is 10.0. The van der Waals surface area contributed by atoms with Crippen molar-refractivity contribution in [3.63, 3.8) is 0 Å². The number of hydrogen-bond donors (Lipinski definition) is 0. The summed E-state index contributed by atoms with van der Waals surface area (Å²) in [5.41, 5.74) is -2.13. The molecule has 4 aromatic carbocycles. The van der Waals surface area contributed by atoms with Crippen molar-refractivity contribution in [1.82, 2.24) is 0 Å². The predicted molar refractivity (Wildman–Crippen MR) is 110 cm³/mol. The smallest absolute Gasteiger partial charge is 0.202 e. The minimum atomic E-state index is -2.40. The summed E-state index contributed by atoms with van der Waals surface area (Å²) in [6, 6.07) is 1.50. The van der Waals surface area contributed by atoms with Gasteiger partial charge in [-0.15, -0.1) is 0 Å². The van der Waals surface area contributed by atoms with Crippen LogP contribution in [-0.2, 0) is 6.42 Å². The van der Waals surface area contributed by atoms with Crippen LogP contribution in [0.5, 0.6) is 0 Å². The second-order valence-electron chi connectivity index (χ2n) is 8.36. The fourth-order valence-corrected chi connectivity index (χ4v) is 4.53. The fourth-order valence-electron chi connectivity index (χ4n) is 4.53. The third-order valence-electron chi connectivity index (χ3n) is 6.21. The number of furan rings is 2. The van der Waals surface area contributed by atoms with Gasteiger partial charge in [-0.3, -0.25) is 0 Å². The number of halogens is 12. The summed E-state index contributed by atoms with van der Waals surface area (Å²) in [5, 5.41) is -7.04. The number of benzene rings is 4. The zero-order chi connectivity index (χ0) is 28.2. The monoisotopic (exact) mass is 564 g/mol. The quantitative estimate of drug-likeness (QED) is 0.119. The highest BCUT2D eigenvalue weighted by atomic mass is 19.2. The number of rotatable bonds is 2. The molecule has 6 aromatic rings. The van der Waals surface area contributed by atoms with Crippen LogP contribution in [0.3, 0.4) is 0 Å². The van der Waals surface area contributed by atoms with E-state index < -0.39 is 131 Å². The van der Waals surface area contributed by atoms with E-state index in [9.17, 15) is 52.7 Å². The molecule has 0 unspecified atom stereocenters. The molecule has 2 aromatic heterocycles. The van der Waals surface area contributed by atoms with Crippen LogP contribution in [-0.4, -0.2) is 0 Å². The zero-order valence-electron chi connectivity index (χ0n) is 18.2. The summed E-state index contributed by atoms with van der Waals surface area (Å²) in [5.74, 6) is -27.0. The molecule has 0 radical (unpaired) electrons. The summed E-state index contributed by atoms with van der Waals surface area (Å²) in [6.07, 6.45) is -0.712. The molecule has 2 heterocycles. The average Bonchev–Trinajstić information content (AvgIpc) is 3.52. The van der Waals surface area contributed by atoms with Crippen LogP contribution in [0.25, 0.3) is 43.5 Å². The Balaban J connectivity index is 1.59. The van der Waals surface area contributed by atoms with Crippen molar-refractivity contribution in [2.75, 3.05) is 0 Å². The summed E-state index contributed by atoms with van der Waals surface area (Å²) in [7, 11) is 0. The van der Waals surface area contributed by atoms with E-state index in [0.717, 1.165) is 12.1 Å². The summed E-state index contributed by atoms with van der Waals surface area (Å²) < 4.78 is 181. The zero-order valence-corrected chi connectivity index (χ0v) is 18.2. The standard InChI is InChI=1S/C25H4F12O2/c26-12-8-6-2-4(38-24(6)22(36)16(30)10(8)14(28)20(34)18(12)32)1-5-3-7-9-11(17(31)23(37)25(7)39-5)15(29)21(35)19(33)13(9)27/h2-3H,1H2.